The van der Waals surface area contributed by atoms with Crippen molar-refractivity contribution < 1.29 is 14.3 Å². The molecule has 8 heteroatoms. The lowest BCUT2D eigenvalue weighted by Gasteiger charge is -2.18. The number of nitrogens with one attached hydrogen (secondary N) is 1. The van der Waals surface area contributed by atoms with Crippen LogP contribution in [0, 0.1) is 0 Å². The molecule has 5 rings (SSSR count). The van der Waals surface area contributed by atoms with Crippen molar-refractivity contribution in [1.29, 1.82) is 0 Å². The maximum absolute atomic E-state index is 12.5. The van der Waals surface area contributed by atoms with Crippen LogP contribution in [-0.4, -0.2) is 44.9 Å². The number of aromatic nitrogens is 4. The van der Waals surface area contributed by atoms with Crippen LogP contribution in [0.15, 0.2) is 47.6 Å². The van der Waals surface area contributed by atoms with Crippen molar-refractivity contribution in [3.63, 3.8) is 0 Å². The SMILES string of the molecule is O=C(CSc1nnc2c(n1)[nH]c1ccccc12)c1ccc2c(c1)OCCO2. The van der Waals surface area contributed by atoms with E-state index in [-0.39, 0.29) is 11.5 Å². The molecule has 0 atom stereocenters. The molecule has 0 spiro atoms. The minimum atomic E-state index is -0.0303. The molecule has 0 radical (unpaired) electrons. The second-order valence-electron chi connectivity index (χ2n) is 6.03. The number of thioether (sulfide) groups is 1. The lowest BCUT2D eigenvalue weighted by Crippen LogP contribution is -2.16. The van der Waals surface area contributed by atoms with Crippen molar-refractivity contribution in [2.75, 3.05) is 19.0 Å². The highest BCUT2D eigenvalue weighted by Gasteiger charge is 2.16. The third-order valence-corrected chi connectivity index (χ3v) is 5.14. The van der Waals surface area contributed by atoms with Gasteiger partial charge in [0.25, 0.3) is 0 Å². The highest BCUT2D eigenvalue weighted by molar-refractivity contribution is 7.99. The molecule has 1 N–H and O–H groups in total. The summed E-state index contributed by atoms with van der Waals surface area (Å²) < 4.78 is 11.0. The maximum atomic E-state index is 12.5. The Morgan fingerprint density at radius 1 is 1.07 bits per heavy atom. The summed E-state index contributed by atoms with van der Waals surface area (Å²) in [7, 11) is 0. The van der Waals surface area contributed by atoms with E-state index >= 15 is 0 Å². The Bertz CT molecular complexity index is 1170. The first kappa shape index (κ1) is 16.1. The number of nitrogens with zero attached hydrogens (tertiary/aromatic N) is 3. The van der Waals surface area contributed by atoms with Gasteiger partial charge in [0.15, 0.2) is 22.9 Å². The number of benzene rings is 2. The quantitative estimate of drug-likeness (QED) is 0.431. The zero-order valence-electron chi connectivity index (χ0n) is 14.1. The average molecular weight is 378 g/mol. The number of para-hydroxylation sites is 1. The Labute approximate surface area is 158 Å². The zero-order chi connectivity index (χ0) is 18.2. The van der Waals surface area contributed by atoms with Crippen LogP contribution in [0.25, 0.3) is 22.1 Å². The molecule has 0 saturated heterocycles. The highest BCUT2D eigenvalue weighted by atomic mass is 32.2. The Kier molecular flexibility index (Phi) is 3.90. The van der Waals surface area contributed by atoms with Crippen molar-refractivity contribution in [3.05, 3.63) is 48.0 Å². The van der Waals surface area contributed by atoms with E-state index in [1.54, 1.807) is 18.2 Å². The van der Waals surface area contributed by atoms with E-state index in [0.29, 0.717) is 41.1 Å². The molecule has 3 heterocycles. The molecule has 0 aliphatic carbocycles. The summed E-state index contributed by atoms with van der Waals surface area (Å²) in [4.78, 5) is 20.2. The minimum absolute atomic E-state index is 0.0303. The molecule has 2 aromatic carbocycles. The van der Waals surface area contributed by atoms with Gasteiger partial charge in [-0.1, -0.05) is 30.0 Å². The number of fused-ring (bicyclic) bond motifs is 4. The van der Waals surface area contributed by atoms with Crippen molar-refractivity contribution in [2.45, 2.75) is 5.16 Å². The average Bonchev–Trinajstić information content (AvgIpc) is 3.09. The normalized spacial score (nSPS) is 13.2. The molecule has 0 amide bonds. The number of hydrogen-bond acceptors (Lipinski definition) is 7. The van der Waals surface area contributed by atoms with Gasteiger partial charge in [-0.05, 0) is 24.3 Å². The summed E-state index contributed by atoms with van der Waals surface area (Å²) in [5, 5.41) is 9.86. The summed E-state index contributed by atoms with van der Waals surface area (Å²) in [6.45, 7) is 1.01. The number of carbonyl (C=O) groups excluding carboxylic acids is 1. The maximum Gasteiger partial charge on any atom is 0.211 e. The molecule has 4 aromatic rings. The van der Waals surface area contributed by atoms with E-state index in [4.69, 9.17) is 9.47 Å². The number of ketones is 1. The van der Waals surface area contributed by atoms with Gasteiger partial charge in [0.2, 0.25) is 5.16 Å². The Morgan fingerprint density at radius 3 is 2.85 bits per heavy atom. The smallest absolute Gasteiger partial charge is 0.211 e. The highest BCUT2D eigenvalue weighted by Crippen LogP contribution is 2.31. The second-order valence-corrected chi connectivity index (χ2v) is 6.97. The molecule has 0 saturated carbocycles. The molecule has 134 valence electrons. The van der Waals surface area contributed by atoms with Gasteiger partial charge >= 0.3 is 0 Å². The van der Waals surface area contributed by atoms with Crippen molar-refractivity contribution in [1.82, 2.24) is 20.2 Å². The molecule has 1 aliphatic rings. The standard InChI is InChI=1S/C19H14N4O3S/c24-14(11-5-6-15-16(9-11)26-8-7-25-15)10-27-19-21-18-17(22-23-19)12-3-1-2-4-13(12)20-18/h1-6,9H,7-8,10H2,(H,20,21,23). The summed E-state index contributed by atoms with van der Waals surface area (Å²) in [5.41, 5.74) is 2.93. The first-order chi connectivity index (χ1) is 13.3. The van der Waals surface area contributed by atoms with Crippen molar-refractivity contribution in [3.8, 4) is 11.5 Å². The van der Waals surface area contributed by atoms with E-state index in [1.165, 1.54) is 11.8 Å². The monoisotopic (exact) mass is 378 g/mol. The van der Waals surface area contributed by atoms with Gasteiger partial charge in [0.05, 0.1) is 5.75 Å². The molecule has 0 fully saturated rings. The molecule has 0 unspecified atom stereocenters. The number of carbonyl (C=O) groups is 1. The van der Waals surface area contributed by atoms with Gasteiger partial charge in [-0.2, -0.15) is 0 Å². The molecule has 0 bridgehead atoms. The van der Waals surface area contributed by atoms with Crippen molar-refractivity contribution >= 4 is 39.6 Å². The van der Waals surface area contributed by atoms with E-state index in [9.17, 15) is 4.79 Å². The topological polar surface area (TPSA) is 90.0 Å². The number of H-pyrrole nitrogens is 1. The predicted octanol–water partition coefficient (Wildman–Crippen LogP) is 3.25. The number of rotatable bonds is 4. The molecular weight excluding hydrogens is 364 g/mol. The van der Waals surface area contributed by atoms with Crippen LogP contribution >= 0.6 is 11.8 Å². The molecule has 1 aliphatic heterocycles. The number of Topliss-reactive ketones (excluding diaryl/α,β-unsaturated/α-hetero) is 1. The van der Waals surface area contributed by atoms with Gasteiger partial charge in [-0.3, -0.25) is 4.79 Å². The molecule has 27 heavy (non-hydrogen) atoms. The van der Waals surface area contributed by atoms with Crippen LogP contribution in [0.4, 0.5) is 0 Å². The lowest BCUT2D eigenvalue weighted by molar-refractivity contribution is 0.102. The third kappa shape index (κ3) is 2.97. The van der Waals surface area contributed by atoms with Gasteiger partial charge in [-0.25, -0.2) is 4.98 Å². The van der Waals surface area contributed by atoms with Crippen LogP contribution in [0.3, 0.4) is 0 Å². The predicted molar refractivity (Wildman–Crippen MR) is 102 cm³/mol. The Morgan fingerprint density at radius 2 is 1.93 bits per heavy atom. The lowest BCUT2D eigenvalue weighted by atomic mass is 10.1. The summed E-state index contributed by atoms with van der Waals surface area (Å²) in [6.07, 6.45) is 0. The molecule has 7 nitrogen and oxygen atoms in total. The Hall–Kier alpha value is -3.13. The zero-order valence-corrected chi connectivity index (χ0v) is 15.0. The second kappa shape index (κ2) is 6.55. The largest absolute Gasteiger partial charge is 0.486 e. The Balaban J connectivity index is 1.34. The van der Waals surface area contributed by atoms with Crippen LogP contribution in [0.5, 0.6) is 11.5 Å². The van der Waals surface area contributed by atoms with Gasteiger partial charge in [-0.15, -0.1) is 10.2 Å². The number of ether oxygens (including phenoxy) is 2. The van der Waals surface area contributed by atoms with Crippen LogP contribution in [-0.2, 0) is 0 Å². The van der Waals surface area contributed by atoms with Crippen LogP contribution in [0.2, 0.25) is 0 Å². The number of hydrogen-bond donors (Lipinski definition) is 1. The first-order valence-corrected chi connectivity index (χ1v) is 9.43. The van der Waals surface area contributed by atoms with Crippen LogP contribution < -0.4 is 9.47 Å². The third-order valence-electron chi connectivity index (χ3n) is 4.30. The fourth-order valence-electron chi connectivity index (χ4n) is 3.00. The summed E-state index contributed by atoms with van der Waals surface area (Å²) >= 11 is 1.26. The van der Waals surface area contributed by atoms with E-state index < -0.39 is 0 Å². The van der Waals surface area contributed by atoms with E-state index in [0.717, 1.165) is 16.4 Å². The van der Waals surface area contributed by atoms with Crippen LogP contribution in [0.1, 0.15) is 10.4 Å². The van der Waals surface area contributed by atoms with Crippen molar-refractivity contribution in [2.24, 2.45) is 0 Å². The summed E-state index contributed by atoms with van der Waals surface area (Å²) in [6, 6.07) is 13.1. The molecule has 2 aromatic heterocycles. The van der Waals surface area contributed by atoms with Gasteiger partial charge in [0, 0.05) is 16.5 Å². The minimum Gasteiger partial charge on any atom is -0.486 e. The summed E-state index contributed by atoms with van der Waals surface area (Å²) in [5.74, 6) is 1.46. The first-order valence-electron chi connectivity index (χ1n) is 8.45. The fraction of sp³-hybridized carbons (Fsp3) is 0.158. The van der Waals surface area contributed by atoms with Gasteiger partial charge in [0.1, 0.15) is 18.7 Å². The number of aromatic amines is 1. The molecular formula is C19H14N4O3S. The fourth-order valence-corrected chi connectivity index (χ4v) is 3.68. The van der Waals surface area contributed by atoms with E-state index in [2.05, 4.69) is 20.2 Å². The van der Waals surface area contributed by atoms with Gasteiger partial charge < -0.3 is 14.5 Å². The van der Waals surface area contributed by atoms with E-state index in [1.807, 2.05) is 24.3 Å².